The number of carbonyl (C=O) groups excluding carboxylic acids is 2. The molecule has 38 heavy (non-hydrogen) atoms. The lowest BCUT2D eigenvalue weighted by Gasteiger charge is -2.32. The molecule has 1 aliphatic heterocycles. The van der Waals surface area contributed by atoms with Crippen molar-refractivity contribution in [1.29, 1.82) is 0 Å². The number of rotatable bonds is 7. The molecule has 3 aromatic rings. The van der Waals surface area contributed by atoms with E-state index < -0.39 is 6.10 Å². The predicted octanol–water partition coefficient (Wildman–Crippen LogP) is 2.39. The summed E-state index contributed by atoms with van der Waals surface area (Å²) in [5.74, 6) is 0.570. The molecule has 0 unspecified atom stereocenters. The van der Waals surface area contributed by atoms with Gasteiger partial charge in [0.05, 0.1) is 22.4 Å². The van der Waals surface area contributed by atoms with Crippen LogP contribution in [0, 0.1) is 5.92 Å². The van der Waals surface area contributed by atoms with Crippen molar-refractivity contribution < 1.29 is 14.3 Å². The second-order valence-corrected chi connectivity index (χ2v) is 10.2. The van der Waals surface area contributed by atoms with Gasteiger partial charge < -0.3 is 24.4 Å². The van der Waals surface area contributed by atoms with Crippen molar-refractivity contribution in [2.45, 2.75) is 32.3 Å². The SMILES string of the molecule is CNC(=O)[C@@H](C)Oc1cc2cc(Cc3nc(N4CCC(C(=O)N(C)C)CC4)ncc3Cl)ccc2n(C)c1=O. The van der Waals surface area contributed by atoms with E-state index in [1.165, 1.54) is 11.6 Å². The maximum atomic E-state index is 12.8. The molecular formula is C27H33ClN6O4. The van der Waals surface area contributed by atoms with Crippen molar-refractivity contribution in [3.63, 3.8) is 0 Å². The molecule has 1 aliphatic rings. The zero-order valence-electron chi connectivity index (χ0n) is 22.3. The number of carbonyl (C=O) groups is 2. The molecule has 1 N–H and O–H groups in total. The van der Waals surface area contributed by atoms with Crippen molar-refractivity contribution in [2.75, 3.05) is 39.1 Å². The van der Waals surface area contributed by atoms with Crippen LogP contribution < -0.4 is 20.5 Å². The van der Waals surface area contributed by atoms with Gasteiger partial charge in [0.2, 0.25) is 11.9 Å². The van der Waals surface area contributed by atoms with Gasteiger partial charge in [-0.2, -0.15) is 0 Å². The summed E-state index contributed by atoms with van der Waals surface area (Å²) in [7, 11) is 6.76. The van der Waals surface area contributed by atoms with Crippen LogP contribution in [0.2, 0.25) is 5.02 Å². The minimum Gasteiger partial charge on any atom is -0.475 e. The molecule has 0 aliphatic carbocycles. The molecule has 2 aromatic heterocycles. The first kappa shape index (κ1) is 27.4. The van der Waals surface area contributed by atoms with Crippen LogP contribution in [0.15, 0.2) is 35.3 Å². The summed E-state index contributed by atoms with van der Waals surface area (Å²) in [6.45, 7) is 3.00. The smallest absolute Gasteiger partial charge is 0.293 e. The first-order valence-corrected chi connectivity index (χ1v) is 12.9. The lowest BCUT2D eigenvalue weighted by molar-refractivity contribution is -0.133. The number of piperidine rings is 1. The number of likely N-dealkylation sites (N-methyl/N-ethyl adjacent to an activating group) is 1. The highest BCUT2D eigenvalue weighted by molar-refractivity contribution is 6.31. The molecule has 202 valence electrons. The van der Waals surface area contributed by atoms with Gasteiger partial charge in [0.1, 0.15) is 0 Å². The summed E-state index contributed by atoms with van der Waals surface area (Å²) >= 11 is 6.48. The third kappa shape index (κ3) is 5.75. The van der Waals surface area contributed by atoms with Gasteiger partial charge in [0, 0.05) is 59.0 Å². The molecule has 10 nitrogen and oxygen atoms in total. The molecule has 0 bridgehead atoms. The van der Waals surface area contributed by atoms with Gasteiger partial charge in [-0.1, -0.05) is 17.7 Å². The van der Waals surface area contributed by atoms with Gasteiger partial charge in [-0.15, -0.1) is 0 Å². The van der Waals surface area contributed by atoms with Crippen LogP contribution in [0.3, 0.4) is 0 Å². The Labute approximate surface area is 226 Å². The summed E-state index contributed by atoms with van der Waals surface area (Å²) in [4.78, 5) is 49.9. The fourth-order valence-electron chi connectivity index (χ4n) is 4.70. The quantitative estimate of drug-likeness (QED) is 0.490. The number of aryl methyl sites for hydroxylation is 1. The molecule has 0 saturated carbocycles. The molecule has 4 rings (SSSR count). The summed E-state index contributed by atoms with van der Waals surface area (Å²) in [5.41, 5.74) is 2.06. The van der Waals surface area contributed by atoms with Gasteiger partial charge in [-0.3, -0.25) is 14.4 Å². The average Bonchev–Trinajstić information content (AvgIpc) is 2.91. The average molecular weight is 541 g/mol. The van der Waals surface area contributed by atoms with Crippen LogP contribution in [0.4, 0.5) is 5.95 Å². The molecule has 2 amide bonds. The highest BCUT2D eigenvalue weighted by Gasteiger charge is 2.27. The Kier molecular flexibility index (Phi) is 8.20. The van der Waals surface area contributed by atoms with Crippen LogP contribution in [0.25, 0.3) is 10.9 Å². The number of pyridine rings is 1. The van der Waals surface area contributed by atoms with Crippen LogP contribution in [0.5, 0.6) is 5.75 Å². The number of nitrogens with zero attached hydrogens (tertiary/aromatic N) is 5. The van der Waals surface area contributed by atoms with E-state index in [1.54, 1.807) is 45.2 Å². The molecule has 3 heterocycles. The Hall–Kier alpha value is -3.66. The lowest BCUT2D eigenvalue weighted by atomic mass is 9.96. The Morgan fingerprint density at radius 3 is 2.61 bits per heavy atom. The second kappa shape index (κ2) is 11.4. The van der Waals surface area contributed by atoms with E-state index in [-0.39, 0.29) is 29.0 Å². The minimum atomic E-state index is -0.808. The molecule has 1 aromatic carbocycles. The largest absolute Gasteiger partial charge is 0.475 e. The molecule has 11 heteroatoms. The zero-order valence-corrected chi connectivity index (χ0v) is 23.1. The van der Waals surface area contributed by atoms with E-state index in [1.807, 2.05) is 18.2 Å². The van der Waals surface area contributed by atoms with Crippen LogP contribution in [0.1, 0.15) is 31.0 Å². The topological polar surface area (TPSA) is 110 Å². The van der Waals surface area contributed by atoms with Crippen molar-refractivity contribution in [3.05, 3.63) is 57.1 Å². The van der Waals surface area contributed by atoms with E-state index in [0.29, 0.717) is 36.2 Å². The lowest BCUT2D eigenvalue weighted by Crippen LogP contribution is -2.40. The van der Waals surface area contributed by atoms with Crippen molar-refractivity contribution in [3.8, 4) is 5.75 Å². The first-order valence-electron chi connectivity index (χ1n) is 12.6. The summed E-state index contributed by atoms with van der Waals surface area (Å²) in [6.07, 6.45) is 2.79. The van der Waals surface area contributed by atoms with Gasteiger partial charge in [0.25, 0.3) is 11.5 Å². The molecule has 0 radical (unpaired) electrons. The monoisotopic (exact) mass is 540 g/mol. The second-order valence-electron chi connectivity index (χ2n) is 9.78. The van der Waals surface area contributed by atoms with Gasteiger partial charge in [-0.05, 0) is 43.5 Å². The summed E-state index contributed by atoms with van der Waals surface area (Å²) in [6, 6.07) is 7.43. The number of amides is 2. The van der Waals surface area contributed by atoms with Gasteiger partial charge in [0.15, 0.2) is 11.9 Å². The molecule has 1 saturated heterocycles. The normalized spacial score (nSPS) is 14.8. The Bertz CT molecular complexity index is 1410. The standard InChI is InChI=1S/C27H33ClN6O4/c1-16(24(35)29-2)38-23-14-19-12-17(6-7-22(19)33(5)26(23)37)13-21-20(28)15-30-27(31-21)34-10-8-18(9-11-34)25(36)32(3)4/h6-7,12,14-16,18H,8-11,13H2,1-5H3,(H,29,35)/t16-/m1/s1. The highest BCUT2D eigenvalue weighted by atomic mass is 35.5. The van der Waals surface area contributed by atoms with E-state index in [2.05, 4.69) is 15.2 Å². The molecule has 0 spiro atoms. The zero-order chi connectivity index (χ0) is 27.6. The summed E-state index contributed by atoms with van der Waals surface area (Å²) in [5, 5.41) is 3.78. The number of halogens is 1. The van der Waals surface area contributed by atoms with E-state index >= 15 is 0 Å². The number of fused-ring (bicyclic) bond motifs is 1. The number of nitrogens with one attached hydrogen (secondary N) is 1. The minimum absolute atomic E-state index is 0.0230. The number of anilines is 1. The van der Waals surface area contributed by atoms with Crippen molar-refractivity contribution in [2.24, 2.45) is 13.0 Å². The summed E-state index contributed by atoms with van der Waals surface area (Å²) < 4.78 is 7.17. The number of hydrogen-bond acceptors (Lipinski definition) is 7. The molecule has 1 atom stereocenters. The van der Waals surface area contributed by atoms with Crippen molar-refractivity contribution >= 4 is 40.3 Å². The van der Waals surface area contributed by atoms with E-state index in [9.17, 15) is 14.4 Å². The Balaban J connectivity index is 1.56. The number of ether oxygens (including phenoxy) is 1. The predicted molar refractivity (Wildman–Crippen MR) is 147 cm³/mol. The Morgan fingerprint density at radius 1 is 1.24 bits per heavy atom. The first-order chi connectivity index (χ1) is 18.1. The fourth-order valence-corrected chi connectivity index (χ4v) is 4.86. The molecular weight excluding hydrogens is 508 g/mol. The number of benzene rings is 1. The maximum absolute atomic E-state index is 12.8. The molecule has 1 fully saturated rings. The highest BCUT2D eigenvalue weighted by Crippen LogP contribution is 2.26. The Morgan fingerprint density at radius 2 is 1.95 bits per heavy atom. The maximum Gasteiger partial charge on any atom is 0.293 e. The van der Waals surface area contributed by atoms with E-state index in [4.69, 9.17) is 21.3 Å². The number of aromatic nitrogens is 3. The van der Waals surface area contributed by atoms with Crippen LogP contribution in [-0.4, -0.2) is 71.6 Å². The van der Waals surface area contributed by atoms with Crippen LogP contribution in [-0.2, 0) is 23.1 Å². The third-order valence-electron chi connectivity index (χ3n) is 6.92. The third-order valence-corrected chi connectivity index (χ3v) is 7.23. The van der Waals surface area contributed by atoms with E-state index in [0.717, 1.165) is 29.3 Å². The fraction of sp³-hybridized carbons (Fsp3) is 0.444. The van der Waals surface area contributed by atoms with Gasteiger partial charge >= 0.3 is 0 Å². The van der Waals surface area contributed by atoms with Crippen molar-refractivity contribution in [1.82, 2.24) is 24.8 Å². The number of hydrogen-bond donors (Lipinski definition) is 1. The van der Waals surface area contributed by atoms with Crippen LogP contribution >= 0.6 is 11.6 Å². The van der Waals surface area contributed by atoms with Gasteiger partial charge in [-0.25, -0.2) is 9.97 Å².